The van der Waals surface area contributed by atoms with Crippen molar-refractivity contribution in [3.63, 3.8) is 0 Å². The van der Waals surface area contributed by atoms with Gasteiger partial charge in [0.25, 0.3) is 11.7 Å². The van der Waals surface area contributed by atoms with Crippen LogP contribution in [0.3, 0.4) is 0 Å². The van der Waals surface area contributed by atoms with Gasteiger partial charge in [-0.05, 0) is 19.1 Å². The van der Waals surface area contributed by atoms with Gasteiger partial charge in [-0.1, -0.05) is 0 Å². The van der Waals surface area contributed by atoms with Gasteiger partial charge >= 0.3 is 0 Å². The van der Waals surface area contributed by atoms with Crippen LogP contribution in [0.15, 0.2) is 28.3 Å². The summed E-state index contributed by atoms with van der Waals surface area (Å²) in [6.07, 6.45) is 8.94. The minimum Gasteiger partial charge on any atom is -0.327 e. The molecule has 0 amide bonds. The van der Waals surface area contributed by atoms with Crippen LogP contribution in [0.5, 0.6) is 0 Å². The number of nitrogens with one attached hydrogen (secondary N) is 1. The first-order valence-electron chi connectivity index (χ1n) is 4.75. The van der Waals surface area contributed by atoms with E-state index in [9.17, 15) is 0 Å². The molecule has 0 atom stereocenters. The molecule has 4 heteroatoms. The fourth-order valence-electron chi connectivity index (χ4n) is 1.23. The molecule has 1 aliphatic rings. The van der Waals surface area contributed by atoms with Gasteiger partial charge in [0, 0.05) is 23.8 Å². The molecule has 0 saturated carbocycles. The van der Waals surface area contributed by atoms with E-state index in [0.717, 1.165) is 11.1 Å². The molecule has 1 heterocycles. The van der Waals surface area contributed by atoms with E-state index in [1.54, 1.807) is 0 Å². The fraction of sp³-hybridized carbons (Fsp3) is 0.273. The van der Waals surface area contributed by atoms with Gasteiger partial charge in [0.2, 0.25) is 0 Å². The van der Waals surface area contributed by atoms with E-state index in [4.69, 9.17) is 4.52 Å². The fourth-order valence-corrected chi connectivity index (χ4v) is 1.23. The lowest BCUT2D eigenvalue weighted by molar-refractivity contribution is 0.370. The molecule has 0 aromatic carbocycles. The molecule has 1 aromatic heterocycles. The average Bonchev–Trinajstić information content (AvgIpc) is 2.68. The molecule has 0 aliphatic heterocycles. The maximum absolute atomic E-state index is 5.05. The minimum absolute atomic E-state index is 0.582. The van der Waals surface area contributed by atoms with Gasteiger partial charge in [-0.25, -0.2) is 0 Å². The van der Waals surface area contributed by atoms with Gasteiger partial charge in [-0.2, -0.15) is 0 Å². The second-order valence-corrected chi connectivity index (χ2v) is 3.32. The van der Waals surface area contributed by atoms with E-state index in [-0.39, 0.29) is 0 Å². The van der Waals surface area contributed by atoms with Gasteiger partial charge in [0.1, 0.15) is 0 Å². The predicted molar refractivity (Wildman–Crippen MR) is 56.6 cm³/mol. The molecule has 1 aromatic rings. The summed E-state index contributed by atoms with van der Waals surface area (Å²) in [6.45, 7) is 2.60. The number of allylic oxidation sites excluding steroid dienone is 6. The van der Waals surface area contributed by atoms with Crippen molar-refractivity contribution in [1.82, 2.24) is 15.5 Å². The van der Waals surface area contributed by atoms with Crippen LogP contribution in [0, 0.1) is 6.08 Å². The van der Waals surface area contributed by atoms with E-state index in [0.29, 0.717) is 18.3 Å². The van der Waals surface area contributed by atoms with Crippen LogP contribution in [0.4, 0.5) is 0 Å². The summed E-state index contributed by atoms with van der Waals surface area (Å²) in [5, 5.41) is 6.83. The van der Waals surface area contributed by atoms with Crippen LogP contribution in [-0.2, 0) is 6.54 Å². The first-order chi connectivity index (χ1) is 7.29. The molecule has 0 spiro atoms. The summed E-state index contributed by atoms with van der Waals surface area (Å²) < 4.78 is 5.05. The van der Waals surface area contributed by atoms with Crippen LogP contribution in [0.2, 0.25) is 0 Å². The zero-order chi connectivity index (χ0) is 10.7. The molecule has 2 rings (SSSR count). The Morgan fingerprint density at radius 3 is 3.00 bits per heavy atom. The Kier molecular flexibility index (Phi) is 2.72. The van der Waals surface area contributed by atoms with Crippen molar-refractivity contribution >= 4 is 5.57 Å². The van der Waals surface area contributed by atoms with E-state index in [2.05, 4.69) is 21.5 Å². The summed E-state index contributed by atoms with van der Waals surface area (Å²) in [6, 6.07) is 0. The number of rotatable bonds is 3. The van der Waals surface area contributed by atoms with Gasteiger partial charge in [0.15, 0.2) is 5.57 Å². The number of hydrogen-bond donors (Lipinski definition) is 1. The second kappa shape index (κ2) is 4.17. The molecular weight excluding hydrogens is 190 g/mol. The molecule has 0 saturated heterocycles. The third kappa shape index (κ3) is 2.18. The largest absolute Gasteiger partial charge is 0.327 e. The summed E-state index contributed by atoms with van der Waals surface area (Å²) in [4.78, 5) is 4.23. The van der Waals surface area contributed by atoms with Crippen molar-refractivity contribution in [2.75, 3.05) is 7.05 Å². The Balaban J connectivity index is 2.20. The summed E-state index contributed by atoms with van der Waals surface area (Å²) >= 11 is 0. The molecule has 4 nitrogen and oxygen atoms in total. The molecular formula is C11H12N3O+. The van der Waals surface area contributed by atoms with Gasteiger partial charge in [-0.3, -0.25) is 0 Å². The number of aromatic nitrogens is 2. The van der Waals surface area contributed by atoms with E-state index >= 15 is 0 Å². The first kappa shape index (κ1) is 9.77. The van der Waals surface area contributed by atoms with E-state index in [1.807, 2.05) is 32.2 Å². The third-order valence-corrected chi connectivity index (χ3v) is 2.01. The maximum atomic E-state index is 5.05. The van der Waals surface area contributed by atoms with Crippen molar-refractivity contribution in [3.05, 3.63) is 41.6 Å². The maximum Gasteiger partial charge on any atom is 0.292 e. The molecule has 1 aliphatic carbocycles. The molecule has 1 N–H and O–H groups in total. The third-order valence-electron chi connectivity index (χ3n) is 2.01. The Labute approximate surface area is 88.4 Å². The minimum atomic E-state index is 0.582. The molecule has 76 valence electrons. The molecule has 0 fully saturated rings. The molecule has 0 bridgehead atoms. The highest BCUT2D eigenvalue weighted by Crippen LogP contribution is 2.17. The Bertz CT molecular complexity index is 440. The van der Waals surface area contributed by atoms with E-state index in [1.165, 1.54) is 0 Å². The molecule has 15 heavy (non-hydrogen) atoms. The summed E-state index contributed by atoms with van der Waals surface area (Å²) in [5.41, 5.74) is 2.02. The van der Waals surface area contributed by atoms with Crippen molar-refractivity contribution in [3.8, 4) is 0 Å². The Morgan fingerprint density at radius 1 is 1.47 bits per heavy atom. The Morgan fingerprint density at radius 2 is 2.33 bits per heavy atom. The van der Waals surface area contributed by atoms with Crippen molar-refractivity contribution in [1.29, 1.82) is 0 Å². The zero-order valence-corrected chi connectivity index (χ0v) is 8.74. The average molecular weight is 202 g/mol. The highest BCUT2D eigenvalue weighted by Gasteiger charge is 2.17. The van der Waals surface area contributed by atoms with Crippen molar-refractivity contribution < 1.29 is 4.52 Å². The quantitative estimate of drug-likeness (QED) is 0.754. The standard InChI is InChI=1S/C11H12N3O/c1-8-3-5-9(6-4-8)11-13-10(7-12-2)15-14-11/h3-5,12H,7H2,1-2H3/q+1. The smallest absolute Gasteiger partial charge is 0.292 e. The summed E-state index contributed by atoms with van der Waals surface area (Å²) in [5.74, 6) is 1.17. The van der Waals surface area contributed by atoms with Crippen molar-refractivity contribution in [2.45, 2.75) is 13.5 Å². The number of hydrogen-bond acceptors (Lipinski definition) is 4. The number of nitrogens with zero attached hydrogens (tertiary/aromatic N) is 2. The SMILES string of the molecule is CNCc1nc(C2=[C+]C=C(C)C=C2)no1. The lowest BCUT2D eigenvalue weighted by Crippen LogP contribution is -2.05. The lowest BCUT2D eigenvalue weighted by Gasteiger charge is -1.89. The van der Waals surface area contributed by atoms with E-state index < -0.39 is 0 Å². The lowest BCUT2D eigenvalue weighted by atomic mass is 10.1. The van der Waals surface area contributed by atoms with Crippen molar-refractivity contribution in [2.24, 2.45) is 0 Å². The Hall–Kier alpha value is -1.77. The molecule has 0 unspecified atom stereocenters. The summed E-state index contributed by atoms with van der Waals surface area (Å²) in [7, 11) is 1.84. The van der Waals surface area contributed by atoms with Gasteiger partial charge in [0.05, 0.1) is 12.6 Å². The van der Waals surface area contributed by atoms with Crippen LogP contribution >= 0.6 is 0 Å². The molecule has 0 radical (unpaired) electrons. The van der Waals surface area contributed by atoms with Gasteiger partial charge < -0.3 is 9.84 Å². The van der Waals surface area contributed by atoms with Gasteiger partial charge in [-0.15, -0.1) is 4.98 Å². The monoisotopic (exact) mass is 202 g/mol. The first-order valence-corrected chi connectivity index (χ1v) is 4.75. The topological polar surface area (TPSA) is 51.0 Å². The van der Waals surface area contributed by atoms with Crippen LogP contribution in [0.1, 0.15) is 18.6 Å². The van der Waals surface area contributed by atoms with Crippen LogP contribution in [-0.4, -0.2) is 17.2 Å². The highest BCUT2D eigenvalue weighted by atomic mass is 16.5. The normalized spacial score (nSPS) is 14.5. The zero-order valence-electron chi connectivity index (χ0n) is 8.74. The predicted octanol–water partition coefficient (Wildman–Crippen LogP) is 1.49. The van der Waals surface area contributed by atoms with Crippen LogP contribution in [0.25, 0.3) is 5.57 Å². The highest BCUT2D eigenvalue weighted by molar-refractivity contribution is 5.71. The van der Waals surface area contributed by atoms with Crippen LogP contribution < -0.4 is 5.32 Å². The second-order valence-electron chi connectivity index (χ2n) is 3.32.